The van der Waals surface area contributed by atoms with Gasteiger partial charge in [0.1, 0.15) is 5.82 Å². The lowest BCUT2D eigenvalue weighted by atomic mass is 9.95. The Kier molecular flexibility index (Phi) is 3.28. The highest BCUT2D eigenvalue weighted by molar-refractivity contribution is 5.80. The number of rotatable bonds is 4. The summed E-state index contributed by atoms with van der Waals surface area (Å²) < 4.78 is 10.7. The molecule has 5 heteroatoms. The lowest BCUT2D eigenvalue weighted by Gasteiger charge is -2.23. The van der Waals surface area contributed by atoms with Crippen molar-refractivity contribution < 1.29 is 9.47 Å². The van der Waals surface area contributed by atoms with Gasteiger partial charge in [0.05, 0.1) is 31.4 Å². The van der Waals surface area contributed by atoms with E-state index < -0.39 is 0 Å². The molecule has 0 unspecified atom stereocenters. The molecule has 2 aromatic rings. The number of nitrogens with zero attached hydrogens (tertiary/aromatic N) is 2. The number of methoxy groups -OCH3 is 2. The molecule has 2 bridgehead atoms. The van der Waals surface area contributed by atoms with E-state index in [-0.39, 0.29) is 0 Å². The molecule has 0 amide bonds. The Morgan fingerprint density at radius 2 is 1.82 bits per heavy atom. The second kappa shape index (κ2) is 5.30. The van der Waals surface area contributed by atoms with Crippen LogP contribution in [0.2, 0.25) is 0 Å². The van der Waals surface area contributed by atoms with Crippen LogP contribution >= 0.6 is 0 Å². The molecule has 22 heavy (non-hydrogen) atoms. The van der Waals surface area contributed by atoms with E-state index >= 15 is 0 Å². The summed E-state index contributed by atoms with van der Waals surface area (Å²) in [6.45, 7) is 0. The van der Waals surface area contributed by atoms with Crippen molar-refractivity contribution in [2.45, 2.75) is 31.7 Å². The summed E-state index contributed by atoms with van der Waals surface area (Å²) in [6, 6.07) is 4.31. The van der Waals surface area contributed by atoms with Crippen molar-refractivity contribution in [2.24, 2.45) is 11.8 Å². The first-order valence-electron chi connectivity index (χ1n) is 7.92. The first-order chi connectivity index (χ1) is 10.8. The van der Waals surface area contributed by atoms with E-state index in [0.29, 0.717) is 17.5 Å². The normalized spacial score (nSPS) is 26.4. The van der Waals surface area contributed by atoms with Crippen LogP contribution in [0.15, 0.2) is 18.3 Å². The molecule has 1 aromatic carbocycles. The van der Waals surface area contributed by atoms with Crippen molar-refractivity contribution in [3.8, 4) is 11.5 Å². The summed E-state index contributed by atoms with van der Waals surface area (Å²) in [4.78, 5) is 9.21. The molecule has 5 nitrogen and oxygen atoms in total. The van der Waals surface area contributed by atoms with Crippen LogP contribution in [0.25, 0.3) is 11.0 Å². The summed E-state index contributed by atoms with van der Waals surface area (Å²) in [5.74, 6) is 3.95. The molecule has 4 rings (SSSR count). The second-order valence-electron chi connectivity index (χ2n) is 6.38. The highest BCUT2D eigenvalue weighted by Gasteiger charge is 2.39. The van der Waals surface area contributed by atoms with Gasteiger partial charge in [-0.2, -0.15) is 0 Å². The number of ether oxygens (including phenoxy) is 2. The highest BCUT2D eigenvalue weighted by Crippen LogP contribution is 2.45. The Hall–Kier alpha value is -2.04. The molecular weight excluding hydrogens is 278 g/mol. The van der Waals surface area contributed by atoms with Crippen LogP contribution in [0.5, 0.6) is 11.5 Å². The van der Waals surface area contributed by atoms with Crippen molar-refractivity contribution >= 4 is 16.9 Å². The Morgan fingerprint density at radius 1 is 1.05 bits per heavy atom. The lowest BCUT2D eigenvalue weighted by molar-refractivity contribution is 0.355. The summed E-state index contributed by atoms with van der Waals surface area (Å²) in [6.07, 6.45) is 7.23. The SMILES string of the molecule is COc1cc2ncc(N[C@H]3C[C@H]4CC[C@@H]3C4)nc2cc1OC. The first-order valence-corrected chi connectivity index (χ1v) is 7.92. The minimum absolute atomic E-state index is 0.561. The van der Waals surface area contributed by atoms with Gasteiger partial charge in [-0.15, -0.1) is 0 Å². The summed E-state index contributed by atoms with van der Waals surface area (Å²) in [7, 11) is 3.26. The molecule has 0 spiro atoms. The average molecular weight is 299 g/mol. The molecule has 2 aliphatic rings. The van der Waals surface area contributed by atoms with E-state index in [2.05, 4.69) is 10.3 Å². The fourth-order valence-electron chi connectivity index (χ4n) is 4.02. The van der Waals surface area contributed by atoms with E-state index in [9.17, 15) is 0 Å². The number of anilines is 1. The third-order valence-corrected chi connectivity index (χ3v) is 5.12. The number of aromatic nitrogens is 2. The van der Waals surface area contributed by atoms with E-state index in [0.717, 1.165) is 28.7 Å². The number of nitrogens with one attached hydrogen (secondary N) is 1. The van der Waals surface area contributed by atoms with Crippen molar-refractivity contribution in [3.05, 3.63) is 18.3 Å². The van der Waals surface area contributed by atoms with Gasteiger partial charge >= 0.3 is 0 Å². The van der Waals surface area contributed by atoms with Crippen LogP contribution in [-0.4, -0.2) is 30.2 Å². The van der Waals surface area contributed by atoms with Crippen LogP contribution in [0.1, 0.15) is 25.7 Å². The topological polar surface area (TPSA) is 56.3 Å². The van der Waals surface area contributed by atoms with Gasteiger partial charge in [-0.3, -0.25) is 4.98 Å². The number of hydrogen-bond acceptors (Lipinski definition) is 5. The summed E-state index contributed by atoms with van der Waals surface area (Å²) in [5.41, 5.74) is 1.64. The molecule has 2 fully saturated rings. The predicted molar refractivity (Wildman–Crippen MR) is 85.5 cm³/mol. The van der Waals surface area contributed by atoms with Crippen molar-refractivity contribution in [1.82, 2.24) is 9.97 Å². The quantitative estimate of drug-likeness (QED) is 0.939. The van der Waals surface area contributed by atoms with Crippen molar-refractivity contribution in [2.75, 3.05) is 19.5 Å². The van der Waals surface area contributed by atoms with Gasteiger partial charge in [-0.1, -0.05) is 6.42 Å². The van der Waals surface area contributed by atoms with E-state index in [4.69, 9.17) is 14.5 Å². The molecule has 0 aliphatic heterocycles. The van der Waals surface area contributed by atoms with Crippen LogP contribution in [0.3, 0.4) is 0 Å². The monoisotopic (exact) mass is 299 g/mol. The van der Waals surface area contributed by atoms with Crippen molar-refractivity contribution in [1.29, 1.82) is 0 Å². The number of fused-ring (bicyclic) bond motifs is 3. The zero-order chi connectivity index (χ0) is 15.1. The maximum atomic E-state index is 5.34. The zero-order valence-electron chi connectivity index (χ0n) is 13.0. The highest BCUT2D eigenvalue weighted by atomic mass is 16.5. The van der Waals surface area contributed by atoms with E-state index in [1.165, 1.54) is 25.7 Å². The predicted octanol–water partition coefficient (Wildman–Crippen LogP) is 3.25. The van der Waals surface area contributed by atoms with E-state index in [1.54, 1.807) is 14.2 Å². The van der Waals surface area contributed by atoms with E-state index in [1.807, 2.05) is 18.3 Å². The lowest BCUT2D eigenvalue weighted by Crippen LogP contribution is -2.26. The largest absolute Gasteiger partial charge is 0.493 e. The molecule has 1 aromatic heterocycles. The number of hydrogen-bond donors (Lipinski definition) is 1. The minimum atomic E-state index is 0.561. The smallest absolute Gasteiger partial charge is 0.163 e. The average Bonchev–Trinajstić information content (AvgIpc) is 3.16. The molecule has 0 radical (unpaired) electrons. The number of benzene rings is 1. The molecule has 2 aliphatic carbocycles. The van der Waals surface area contributed by atoms with Gasteiger partial charge in [-0.05, 0) is 31.1 Å². The molecule has 3 atom stereocenters. The third kappa shape index (κ3) is 2.25. The first kappa shape index (κ1) is 13.6. The van der Waals surface area contributed by atoms with Gasteiger partial charge in [0.25, 0.3) is 0 Å². The maximum absolute atomic E-state index is 5.34. The Balaban J connectivity index is 1.62. The van der Waals surface area contributed by atoms with Crippen LogP contribution < -0.4 is 14.8 Å². The molecule has 0 saturated heterocycles. The zero-order valence-corrected chi connectivity index (χ0v) is 13.0. The van der Waals surface area contributed by atoms with Gasteiger partial charge in [0.2, 0.25) is 0 Å². The summed E-state index contributed by atoms with van der Waals surface area (Å²) >= 11 is 0. The van der Waals surface area contributed by atoms with Gasteiger partial charge in [0.15, 0.2) is 11.5 Å². The third-order valence-electron chi connectivity index (χ3n) is 5.12. The van der Waals surface area contributed by atoms with Gasteiger partial charge < -0.3 is 14.8 Å². The maximum Gasteiger partial charge on any atom is 0.163 e. The van der Waals surface area contributed by atoms with Crippen LogP contribution in [0.4, 0.5) is 5.82 Å². The van der Waals surface area contributed by atoms with Gasteiger partial charge in [0, 0.05) is 18.2 Å². The molecule has 1 heterocycles. The standard InChI is InChI=1S/C17H21N3O2/c1-21-15-7-13-14(8-16(15)22-2)20-17(9-18-13)19-12-6-10-3-4-11(12)5-10/h7-12H,3-6H2,1-2H3,(H,19,20)/t10-,11+,12-/m0/s1. The molecular formula is C17H21N3O2. The van der Waals surface area contributed by atoms with Crippen LogP contribution in [-0.2, 0) is 0 Å². The molecule has 1 N–H and O–H groups in total. The Morgan fingerprint density at radius 3 is 2.45 bits per heavy atom. The van der Waals surface area contributed by atoms with Gasteiger partial charge in [-0.25, -0.2) is 4.98 Å². The minimum Gasteiger partial charge on any atom is -0.493 e. The fourth-order valence-corrected chi connectivity index (χ4v) is 4.02. The molecule has 2 saturated carbocycles. The van der Waals surface area contributed by atoms with Crippen LogP contribution in [0, 0.1) is 11.8 Å². The van der Waals surface area contributed by atoms with Crippen molar-refractivity contribution in [3.63, 3.8) is 0 Å². The second-order valence-corrected chi connectivity index (χ2v) is 6.38. The fraction of sp³-hybridized carbons (Fsp3) is 0.529. The summed E-state index contributed by atoms with van der Waals surface area (Å²) in [5, 5.41) is 3.58. The Bertz CT molecular complexity index is 704. The molecule has 116 valence electrons. The Labute approximate surface area is 130 Å².